The molecule has 0 bridgehead atoms. The Balaban J connectivity index is 4.20. The number of aliphatic hydroxyl groups excluding tert-OH is 1. The van der Waals surface area contributed by atoms with Crippen molar-refractivity contribution in [3.05, 3.63) is 12.2 Å². The summed E-state index contributed by atoms with van der Waals surface area (Å²) >= 11 is 0. The van der Waals surface area contributed by atoms with Gasteiger partial charge in [0.05, 0.1) is 39.9 Å². The molecule has 9 heteroatoms. The summed E-state index contributed by atoms with van der Waals surface area (Å²) in [5, 5.41) is 13.9. The van der Waals surface area contributed by atoms with Crippen molar-refractivity contribution in [1.82, 2.24) is 5.32 Å². The van der Waals surface area contributed by atoms with E-state index in [1.165, 1.54) is 141 Å². The molecule has 0 aromatic heterocycles. The number of unbranched alkanes of at least 4 members (excludes halogenated alkanes) is 25. The maximum Gasteiger partial charge on any atom is 0.472 e. The SMILES string of the molecule is CCCCCCCC/C=C/CCCCCCCCCCCCCC(=O)N[C@@H](COP(=O)(O)OCC[N+](C)(C)C)[C@H](O)CCCCCCCCCCC. The first-order chi connectivity index (χ1) is 25.0. The number of rotatable bonds is 40. The summed E-state index contributed by atoms with van der Waals surface area (Å²) in [6.07, 6.45) is 39.6. The van der Waals surface area contributed by atoms with E-state index in [1.54, 1.807) is 0 Å². The van der Waals surface area contributed by atoms with Gasteiger partial charge in [-0.15, -0.1) is 0 Å². The summed E-state index contributed by atoms with van der Waals surface area (Å²) in [6.45, 7) is 4.86. The van der Waals surface area contributed by atoms with E-state index in [0.717, 1.165) is 38.5 Å². The monoisotopic (exact) mass is 760 g/mol. The second-order valence-corrected chi connectivity index (χ2v) is 17.9. The zero-order chi connectivity index (χ0) is 38.6. The van der Waals surface area contributed by atoms with Gasteiger partial charge in [-0.05, 0) is 38.5 Å². The van der Waals surface area contributed by atoms with E-state index in [0.29, 0.717) is 23.9 Å². The third kappa shape index (κ3) is 37.6. The van der Waals surface area contributed by atoms with Crippen LogP contribution in [0.15, 0.2) is 12.2 Å². The lowest BCUT2D eigenvalue weighted by atomic mass is 10.0. The maximum atomic E-state index is 12.8. The Morgan fingerprint density at radius 3 is 1.48 bits per heavy atom. The molecule has 0 aromatic rings. The van der Waals surface area contributed by atoms with Crippen molar-refractivity contribution in [1.29, 1.82) is 0 Å². The van der Waals surface area contributed by atoms with Crippen molar-refractivity contribution in [2.24, 2.45) is 0 Å². The molecule has 52 heavy (non-hydrogen) atoms. The van der Waals surface area contributed by atoms with Crippen LogP contribution >= 0.6 is 7.82 Å². The number of phosphoric ester groups is 1. The molecule has 8 nitrogen and oxygen atoms in total. The Labute approximate surface area is 322 Å². The summed E-state index contributed by atoms with van der Waals surface area (Å²) in [7, 11) is 1.62. The van der Waals surface area contributed by atoms with Crippen LogP contribution in [0.25, 0.3) is 0 Å². The fourth-order valence-corrected chi connectivity index (χ4v) is 7.19. The molecule has 0 aliphatic carbocycles. The Morgan fingerprint density at radius 1 is 0.635 bits per heavy atom. The molecule has 0 spiro atoms. The molecule has 0 saturated heterocycles. The molecule has 3 N–H and O–H groups in total. The molecule has 0 aromatic carbocycles. The zero-order valence-electron chi connectivity index (χ0n) is 35.1. The van der Waals surface area contributed by atoms with E-state index in [9.17, 15) is 19.4 Å². The van der Waals surface area contributed by atoms with Crippen LogP contribution in [0, 0.1) is 0 Å². The van der Waals surface area contributed by atoms with Gasteiger partial charge in [-0.2, -0.15) is 0 Å². The van der Waals surface area contributed by atoms with Crippen LogP contribution in [0.5, 0.6) is 0 Å². The van der Waals surface area contributed by atoms with Crippen LogP contribution in [0.4, 0.5) is 0 Å². The molecular weight excluding hydrogens is 671 g/mol. The van der Waals surface area contributed by atoms with E-state index in [4.69, 9.17) is 9.05 Å². The number of amides is 1. The Hall–Kier alpha value is -0.760. The van der Waals surface area contributed by atoms with Gasteiger partial charge < -0.3 is 19.8 Å². The number of nitrogens with one attached hydrogen (secondary N) is 1. The molecule has 0 aliphatic heterocycles. The van der Waals surface area contributed by atoms with Crippen molar-refractivity contribution >= 4 is 13.7 Å². The number of likely N-dealkylation sites (N-methyl/N-ethyl adjacent to an activating group) is 1. The molecular formula is C43H88N2O6P+. The number of aliphatic hydroxyl groups is 1. The van der Waals surface area contributed by atoms with E-state index < -0.39 is 20.0 Å². The molecule has 1 amide bonds. The molecule has 3 atom stereocenters. The number of quaternary nitrogens is 1. The Kier molecular flexibility index (Phi) is 35.4. The number of carbonyl (C=O) groups is 1. The Bertz CT molecular complexity index is 865. The first-order valence-electron chi connectivity index (χ1n) is 22.1. The van der Waals surface area contributed by atoms with Crippen LogP contribution < -0.4 is 5.32 Å². The minimum absolute atomic E-state index is 0.0762. The van der Waals surface area contributed by atoms with Gasteiger partial charge in [-0.3, -0.25) is 13.8 Å². The van der Waals surface area contributed by atoms with Crippen molar-refractivity contribution in [2.75, 3.05) is 40.9 Å². The molecule has 0 saturated carbocycles. The smallest absolute Gasteiger partial charge is 0.391 e. The molecule has 0 radical (unpaired) electrons. The van der Waals surface area contributed by atoms with Crippen molar-refractivity contribution in [2.45, 2.75) is 219 Å². The number of phosphoric acid groups is 1. The topological polar surface area (TPSA) is 105 Å². The lowest BCUT2D eigenvalue weighted by Gasteiger charge is -2.26. The first-order valence-corrected chi connectivity index (χ1v) is 23.5. The van der Waals surface area contributed by atoms with Gasteiger partial charge in [0.1, 0.15) is 13.2 Å². The van der Waals surface area contributed by atoms with E-state index >= 15 is 0 Å². The van der Waals surface area contributed by atoms with Crippen LogP contribution in [0.1, 0.15) is 206 Å². The molecule has 0 heterocycles. The van der Waals surface area contributed by atoms with Crippen LogP contribution in [-0.4, -0.2) is 73.4 Å². The van der Waals surface area contributed by atoms with E-state index in [-0.39, 0.29) is 19.1 Å². The number of hydrogen-bond acceptors (Lipinski definition) is 5. The second kappa shape index (κ2) is 35.9. The molecule has 1 unspecified atom stereocenters. The highest BCUT2D eigenvalue weighted by molar-refractivity contribution is 7.47. The summed E-state index contributed by atoms with van der Waals surface area (Å²) < 4.78 is 23.5. The average Bonchev–Trinajstić information content (AvgIpc) is 3.09. The minimum atomic E-state index is -4.30. The molecule has 0 aliphatic rings. The largest absolute Gasteiger partial charge is 0.472 e. The highest BCUT2D eigenvalue weighted by Crippen LogP contribution is 2.43. The van der Waals surface area contributed by atoms with Gasteiger partial charge in [0, 0.05) is 6.42 Å². The fourth-order valence-electron chi connectivity index (χ4n) is 6.45. The maximum absolute atomic E-state index is 12.8. The number of allylic oxidation sites excluding steroid dienone is 2. The standard InChI is InChI=1S/C43H87N2O6P/c1-6-8-10-12-14-16-17-18-19-20-21-22-23-24-25-26-27-29-31-33-35-37-43(47)44-41(40-51-52(48,49)50-39-38-45(3,4)5)42(46)36-34-32-30-28-15-13-11-9-7-2/h18-19,41-42,46H,6-17,20-40H2,1-5H3,(H-,44,47,48,49)/p+1/b19-18+/t41-,42+/m0/s1. The summed E-state index contributed by atoms with van der Waals surface area (Å²) in [4.78, 5) is 23.1. The summed E-state index contributed by atoms with van der Waals surface area (Å²) in [5.41, 5.74) is 0. The predicted molar refractivity (Wildman–Crippen MR) is 222 cm³/mol. The summed E-state index contributed by atoms with van der Waals surface area (Å²) in [5.74, 6) is -0.147. The fraction of sp³-hybridized carbons (Fsp3) is 0.930. The summed E-state index contributed by atoms with van der Waals surface area (Å²) in [6, 6.07) is -0.754. The van der Waals surface area contributed by atoms with E-state index in [1.807, 2.05) is 21.1 Å². The third-order valence-corrected chi connectivity index (χ3v) is 11.0. The highest BCUT2D eigenvalue weighted by Gasteiger charge is 2.28. The quantitative estimate of drug-likeness (QED) is 0.0249. The number of hydrogen-bond donors (Lipinski definition) is 3. The first kappa shape index (κ1) is 51.2. The van der Waals surface area contributed by atoms with Gasteiger partial charge in [0.25, 0.3) is 0 Å². The highest BCUT2D eigenvalue weighted by atomic mass is 31.2. The number of carbonyl (C=O) groups excluding carboxylic acids is 1. The van der Waals surface area contributed by atoms with Crippen molar-refractivity contribution in [3.63, 3.8) is 0 Å². The van der Waals surface area contributed by atoms with Gasteiger partial charge >= 0.3 is 7.82 Å². The van der Waals surface area contributed by atoms with E-state index in [2.05, 4.69) is 31.3 Å². The van der Waals surface area contributed by atoms with Gasteiger partial charge in [-0.1, -0.05) is 174 Å². The Morgan fingerprint density at radius 2 is 1.04 bits per heavy atom. The van der Waals surface area contributed by atoms with Crippen LogP contribution in [0.3, 0.4) is 0 Å². The van der Waals surface area contributed by atoms with Gasteiger partial charge in [0.2, 0.25) is 5.91 Å². The van der Waals surface area contributed by atoms with Gasteiger partial charge in [0.15, 0.2) is 0 Å². The van der Waals surface area contributed by atoms with Crippen LogP contribution in [0.2, 0.25) is 0 Å². The normalized spacial score (nSPS) is 14.5. The predicted octanol–water partition coefficient (Wildman–Crippen LogP) is 12.0. The lowest BCUT2D eigenvalue weighted by molar-refractivity contribution is -0.870. The molecule has 310 valence electrons. The lowest BCUT2D eigenvalue weighted by Crippen LogP contribution is -2.46. The number of nitrogens with zero attached hydrogens (tertiary/aromatic N) is 1. The molecule has 0 rings (SSSR count). The zero-order valence-corrected chi connectivity index (χ0v) is 36.0. The minimum Gasteiger partial charge on any atom is -0.391 e. The molecule has 0 fully saturated rings. The van der Waals surface area contributed by atoms with Crippen LogP contribution in [-0.2, 0) is 18.4 Å². The van der Waals surface area contributed by atoms with Gasteiger partial charge in [-0.25, -0.2) is 4.57 Å². The third-order valence-electron chi connectivity index (χ3n) is 10.0. The second-order valence-electron chi connectivity index (χ2n) is 16.4. The van der Waals surface area contributed by atoms with Crippen molar-refractivity contribution < 1.29 is 32.9 Å². The average molecular weight is 760 g/mol. The van der Waals surface area contributed by atoms with Crippen molar-refractivity contribution in [3.8, 4) is 0 Å².